The molecule has 102 valence electrons. The summed E-state index contributed by atoms with van der Waals surface area (Å²) in [7, 11) is 0. The van der Waals surface area contributed by atoms with Gasteiger partial charge in [0.15, 0.2) is 0 Å². The van der Waals surface area contributed by atoms with Crippen molar-refractivity contribution in [3.05, 3.63) is 35.2 Å². The van der Waals surface area contributed by atoms with Gasteiger partial charge >= 0.3 is 0 Å². The first-order valence-electron chi connectivity index (χ1n) is 7.19. The molecule has 2 aromatic rings. The van der Waals surface area contributed by atoms with Crippen LogP contribution in [0.5, 0.6) is 0 Å². The van der Waals surface area contributed by atoms with E-state index in [1.54, 1.807) is 0 Å². The number of benzene rings is 1. The molecule has 1 aliphatic rings. The van der Waals surface area contributed by atoms with E-state index in [1.807, 2.05) is 11.3 Å². The van der Waals surface area contributed by atoms with Crippen molar-refractivity contribution in [3.8, 4) is 0 Å². The highest BCUT2D eigenvalue weighted by atomic mass is 32.1. The van der Waals surface area contributed by atoms with Crippen LogP contribution in [-0.4, -0.2) is 13.1 Å². The number of rotatable bonds is 6. The minimum Gasteiger partial charge on any atom is -0.329 e. The quantitative estimate of drug-likeness (QED) is 0.845. The zero-order valence-corrected chi connectivity index (χ0v) is 12.2. The predicted molar refractivity (Wildman–Crippen MR) is 83.5 cm³/mol. The summed E-state index contributed by atoms with van der Waals surface area (Å²) in [6, 6.07) is 8.89. The van der Waals surface area contributed by atoms with E-state index in [0.29, 0.717) is 6.54 Å². The molecule has 1 aliphatic carbocycles. The largest absolute Gasteiger partial charge is 0.329 e. The van der Waals surface area contributed by atoms with Gasteiger partial charge in [0.25, 0.3) is 0 Å². The molecule has 3 heteroatoms. The van der Waals surface area contributed by atoms with Gasteiger partial charge in [-0.05, 0) is 53.6 Å². The van der Waals surface area contributed by atoms with Crippen LogP contribution >= 0.6 is 11.3 Å². The van der Waals surface area contributed by atoms with Crippen molar-refractivity contribution in [1.29, 1.82) is 0 Å². The van der Waals surface area contributed by atoms with Gasteiger partial charge in [-0.1, -0.05) is 25.1 Å². The maximum Gasteiger partial charge on any atom is 0.0459 e. The summed E-state index contributed by atoms with van der Waals surface area (Å²) in [6.07, 6.45) is 2.83. The van der Waals surface area contributed by atoms with E-state index in [4.69, 9.17) is 5.73 Å². The lowest BCUT2D eigenvalue weighted by Crippen LogP contribution is -2.31. The van der Waals surface area contributed by atoms with Crippen molar-refractivity contribution >= 4 is 21.4 Å². The third-order valence-electron chi connectivity index (χ3n) is 4.24. The lowest BCUT2D eigenvalue weighted by Gasteiger charge is -2.19. The summed E-state index contributed by atoms with van der Waals surface area (Å²) >= 11 is 1.81. The van der Waals surface area contributed by atoms with Gasteiger partial charge in [0.2, 0.25) is 0 Å². The van der Waals surface area contributed by atoms with Gasteiger partial charge in [0.1, 0.15) is 0 Å². The third kappa shape index (κ3) is 2.83. The van der Waals surface area contributed by atoms with E-state index in [9.17, 15) is 0 Å². The van der Waals surface area contributed by atoms with Gasteiger partial charge in [-0.25, -0.2) is 0 Å². The Morgan fingerprint density at radius 3 is 2.89 bits per heavy atom. The Bertz CT molecular complexity index is 544. The van der Waals surface area contributed by atoms with Gasteiger partial charge in [-0.3, -0.25) is 0 Å². The van der Waals surface area contributed by atoms with Crippen LogP contribution in [0.1, 0.15) is 31.4 Å². The summed E-state index contributed by atoms with van der Waals surface area (Å²) < 4.78 is 1.35. The fourth-order valence-electron chi connectivity index (χ4n) is 2.75. The number of nitrogens with one attached hydrogen (secondary N) is 1. The second-order valence-corrected chi connectivity index (χ2v) is 6.61. The van der Waals surface area contributed by atoms with Gasteiger partial charge in [-0.15, -0.1) is 11.3 Å². The summed E-state index contributed by atoms with van der Waals surface area (Å²) in [5.41, 5.74) is 7.34. The molecular weight excluding hydrogens is 252 g/mol. The van der Waals surface area contributed by atoms with Crippen LogP contribution in [0, 0.1) is 11.8 Å². The van der Waals surface area contributed by atoms with Gasteiger partial charge in [-0.2, -0.15) is 0 Å². The molecule has 19 heavy (non-hydrogen) atoms. The molecule has 1 saturated carbocycles. The van der Waals surface area contributed by atoms with Gasteiger partial charge in [0.05, 0.1) is 0 Å². The second kappa shape index (κ2) is 5.61. The Hall–Kier alpha value is -0.900. The molecular formula is C16H22N2S. The first kappa shape index (κ1) is 13.1. The molecule has 0 radical (unpaired) electrons. The molecule has 1 aromatic carbocycles. The molecule has 1 aromatic heterocycles. The maximum absolute atomic E-state index is 5.98. The monoisotopic (exact) mass is 274 g/mol. The Labute approximate surface area is 119 Å². The number of hydrogen-bond acceptors (Lipinski definition) is 3. The number of hydrogen-bond donors (Lipinski definition) is 2. The minimum absolute atomic E-state index is 0.289. The van der Waals surface area contributed by atoms with Crippen molar-refractivity contribution in [1.82, 2.24) is 5.32 Å². The smallest absolute Gasteiger partial charge is 0.0459 e. The molecule has 3 N–H and O–H groups in total. The van der Waals surface area contributed by atoms with E-state index in [0.717, 1.165) is 18.4 Å². The van der Waals surface area contributed by atoms with Crippen molar-refractivity contribution in [3.63, 3.8) is 0 Å². The molecule has 2 atom stereocenters. The summed E-state index contributed by atoms with van der Waals surface area (Å²) in [6.45, 7) is 4.10. The Kier molecular flexibility index (Phi) is 3.87. The molecule has 0 amide bonds. The van der Waals surface area contributed by atoms with Crippen molar-refractivity contribution < 1.29 is 0 Å². The third-order valence-corrected chi connectivity index (χ3v) is 5.22. The average molecular weight is 274 g/mol. The summed E-state index contributed by atoms with van der Waals surface area (Å²) in [5, 5.41) is 7.28. The maximum atomic E-state index is 5.98. The number of thiophene rings is 1. The Morgan fingerprint density at radius 2 is 2.16 bits per heavy atom. The van der Waals surface area contributed by atoms with Gasteiger partial charge in [0, 0.05) is 17.3 Å². The van der Waals surface area contributed by atoms with Crippen molar-refractivity contribution in [2.45, 2.75) is 25.8 Å². The molecule has 0 bridgehead atoms. The highest BCUT2D eigenvalue weighted by Crippen LogP contribution is 2.36. The van der Waals surface area contributed by atoms with E-state index in [1.165, 1.54) is 28.5 Å². The predicted octanol–water partition coefficient (Wildman–Crippen LogP) is 3.54. The zero-order valence-electron chi connectivity index (χ0n) is 11.4. The highest BCUT2D eigenvalue weighted by Gasteiger charge is 2.28. The van der Waals surface area contributed by atoms with Crippen LogP contribution in [0.15, 0.2) is 29.6 Å². The lowest BCUT2D eigenvalue weighted by atomic mass is 10.0. The molecule has 1 fully saturated rings. The number of nitrogens with two attached hydrogens (primary N) is 1. The van der Waals surface area contributed by atoms with Gasteiger partial charge < -0.3 is 11.1 Å². The number of fused-ring (bicyclic) bond motifs is 1. The second-order valence-electron chi connectivity index (χ2n) is 5.70. The van der Waals surface area contributed by atoms with Crippen molar-refractivity contribution in [2.24, 2.45) is 17.6 Å². The molecule has 0 aliphatic heterocycles. The summed E-state index contributed by atoms with van der Waals surface area (Å²) in [5.74, 6) is 1.73. The first-order chi connectivity index (χ1) is 9.29. The van der Waals surface area contributed by atoms with Crippen LogP contribution < -0.4 is 11.1 Å². The normalized spacial score (nSPS) is 18.6. The van der Waals surface area contributed by atoms with Crippen LogP contribution in [0.4, 0.5) is 0 Å². The van der Waals surface area contributed by atoms with Crippen LogP contribution in [-0.2, 0) is 0 Å². The van der Waals surface area contributed by atoms with E-state index >= 15 is 0 Å². The van der Waals surface area contributed by atoms with E-state index in [-0.39, 0.29) is 6.04 Å². The molecule has 0 spiro atoms. The minimum atomic E-state index is 0.289. The lowest BCUT2D eigenvalue weighted by molar-refractivity contribution is 0.424. The molecule has 3 rings (SSSR count). The Morgan fingerprint density at radius 1 is 1.37 bits per heavy atom. The van der Waals surface area contributed by atoms with Crippen LogP contribution in [0.3, 0.4) is 0 Å². The van der Waals surface area contributed by atoms with E-state index in [2.05, 4.69) is 41.9 Å². The zero-order chi connectivity index (χ0) is 13.2. The first-order valence-corrected chi connectivity index (χ1v) is 8.07. The van der Waals surface area contributed by atoms with Crippen molar-refractivity contribution in [2.75, 3.05) is 13.1 Å². The fraction of sp³-hybridized carbons (Fsp3) is 0.500. The fourth-order valence-corrected chi connectivity index (χ4v) is 3.76. The van der Waals surface area contributed by atoms with Crippen LogP contribution in [0.2, 0.25) is 0 Å². The highest BCUT2D eigenvalue weighted by molar-refractivity contribution is 7.17. The SMILES string of the molecule is CC(CNC(CN)c1csc2ccccc12)C1CC1. The average Bonchev–Trinajstić information content (AvgIpc) is 3.21. The molecule has 2 unspecified atom stereocenters. The molecule has 2 nitrogen and oxygen atoms in total. The standard InChI is InChI=1S/C16H22N2S/c1-11(12-6-7-12)9-18-15(8-17)14-10-19-16-5-3-2-4-13(14)16/h2-5,10-12,15,18H,6-9,17H2,1H3. The van der Waals surface area contributed by atoms with Crippen LogP contribution in [0.25, 0.3) is 10.1 Å². The summed E-state index contributed by atoms with van der Waals surface area (Å²) in [4.78, 5) is 0. The van der Waals surface area contributed by atoms with E-state index < -0.39 is 0 Å². The topological polar surface area (TPSA) is 38.0 Å². The molecule has 0 saturated heterocycles. The Balaban J connectivity index is 1.73. The molecule has 1 heterocycles.